The number of hydrogen-bond donors (Lipinski definition) is 5. The second kappa shape index (κ2) is 3.85. The van der Waals surface area contributed by atoms with Crippen molar-refractivity contribution in [1.82, 2.24) is 0 Å². The standard InChI is InChI=1S/C5H12O5/c1-2(6)3(7)4(8)5(9)10/h2-10H,1H3/t2-,3+,4?/m0/s1. The maximum atomic E-state index is 8.75. The third kappa shape index (κ3) is 2.59. The first-order valence-electron chi connectivity index (χ1n) is 2.87. The summed E-state index contributed by atoms with van der Waals surface area (Å²) in [6, 6.07) is 0. The molecule has 0 aliphatic rings. The normalized spacial score (nSPS) is 20.7. The summed E-state index contributed by atoms with van der Waals surface area (Å²) in [6.07, 6.45) is -6.46. The van der Waals surface area contributed by atoms with E-state index in [9.17, 15) is 0 Å². The molecule has 0 bridgehead atoms. The van der Waals surface area contributed by atoms with E-state index in [0.717, 1.165) is 0 Å². The smallest absolute Gasteiger partial charge is 0.180 e. The molecule has 0 aromatic rings. The average molecular weight is 152 g/mol. The highest BCUT2D eigenvalue weighted by atomic mass is 16.5. The van der Waals surface area contributed by atoms with Gasteiger partial charge in [-0.1, -0.05) is 0 Å². The third-order valence-corrected chi connectivity index (χ3v) is 1.15. The minimum absolute atomic E-state index is 1.18. The lowest BCUT2D eigenvalue weighted by Gasteiger charge is -2.20. The van der Waals surface area contributed by atoms with E-state index < -0.39 is 24.6 Å². The molecule has 10 heavy (non-hydrogen) atoms. The van der Waals surface area contributed by atoms with Gasteiger partial charge in [0, 0.05) is 0 Å². The molecule has 0 aromatic heterocycles. The Balaban J connectivity index is 3.81. The van der Waals surface area contributed by atoms with Gasteiger partial charge in [0.15, 0.2) is 6.29 Å². The number of aliphatic hydroxyl groups is 5. The fourth-order valence-corrected chi connectivity index (χ4v) is 0.462. The lowest BCUT2D eigenvalue weighted by molar-refractivity contribution is -0.174. The Hall–Kier alpha value is -0.200. The fraction of sp³-hybridized carbons (Fsp3) is 1.00. The molecule has 0 aliphatic heterocycles. The van der Waals surface area contributed by atoms with Crippen molar-refractivity contribution in [2.24, 2.45) is 0 Å². The molecule has 0 spiro atoms. The van der Waals surface area contributed by atoms with E-state index in [1.807, 2.05) is 0 Å². The Morgan fingerprint density at radius 3 is 1.30 bits per heavy atom. The van der Waals surface area contributed by atoms with Crippen LogP contribution in [0.3, 0.4) is 0 Å². The molecule has 0 amide bonds. The van der Waals surface area contributed by atoms with Crippen LogP contribution in [0.5, 0.6) is 0 Å². The van der Waals surface area contributed by atoms with Crippen LogP contribution in [0, 0.1) is 0 Å². The van der Waals surface area contributed by atoms with Crippen LogP contribution >= 0.6 is 0 Å². The Morgan fingerprint density at radius 1 is 0.800 bits per heavy atom. The van der Waals surface area contributed by atoms with Crippen molar-refractivity contribution in [3.63, 3.8) is 0 Å². The lowest BCUT2D eigenvalue weighted by Crippen LogP contribution is -2.43. The molecule has 0 fully saturated rings. The first kappa shape index (κ1) is 9.80. The minimum Gasteiger partial charge on any atom is -0.391 e. The summed E-state index contributed by atoms with van der Waals surface area (Å²) >= 11 is 0. The summed E-state index contributed by atoms with van der Waals surface area (Å²) in [5.74, 6) is 0. The molecule has 0 aliphatic carbocycles. The zero-order valence-corrected chi connectivity index (χ0v) is 5.55. The van der Waals surface area contributed by atoms with Gasteiger partial charge in [-0.25, -0.2) is 0 Å². The van der Waals surface area contributed by atoms with E-state index in [4.69, 9.17) is 25.5 Å². The SMILES string of the molecule is C[C@H](O)[C@@H](O)C(O)C(O)O. The van der Waals surface area contributed by atoms with Crippen molar-refractivity contribution in [1.29, 1.82) is 0 Å². The molecule has 62 valence electrons. The van der Waals surface area contributed by atoms with Gasteiger partial charge in [0.25, 0.3) is 0 Å². The molecular formula is C5H12O5. The van der Waals surface area contributed by atoms with Gasteiger partial charge in [0.1, 0.15) is 12.2 Å². The van der Waals surface area contributed by atoms with E-state index in [-0.39, 0.29) is 0 Å². The largest absolute Gasteiger partial charge is 0.391 e. The van der Waals surface area contributed by atoms with E-state index in [1.54, 1.807) is 0 Å². The van der Waals surface area contributed by atoms with Gasteiger partial charge in [0.2, 0.25) is 0 Å². The van der Waals surface area contributed by atoms with Crippen LogP contribution in [0.4, 0.5) is 0 Å². The third-order valence-electron chi connectivity index (χ3n) is 1.15. The molecule has 5 heteroatoms. The van der Waals surface area contributed by atoms with Gasteiger partial charge in [-0.15, -0.1) is 0 Å². The van der Waals surface area contributed by atoms with E-state index >= 15 is 0 Å². The van der Waals surface area contributed by atoms with Crippen LogP contribution in [-0.2, 0) is 0 Å². The van der Waals surface area contributed by atoms with E-state index in [1.165, 1.54) is 6.92 Å². The van der Waals surface area contributed by atoms with Crippen LogP contribution in [-0.4, -0.2) is 50.1 Å². The molecule has 0 saturated carbocycles. The minimum atomic E-state index is -2.02. The topological polar surface area (TPSA) is 101 Å². The zero-order chi connectivity index (χ0) is 8.31. The zero-order valence-electron chi connectivity index (χ0n) is 5.55. The van der Waals surface area contributed by atoms with Crippen molar-refractivity contribution in [2.45, 2.75) is 31.5 Å². The highest BCUT2D eigenvalue weighted by Gasteiger charge is 2.26. The molecule has 5 N–H and O–H groups in total. The fourth-order valence-electron chi connectivity index (χ4n) is 0.462. The van der Waals surface area contributed by atoms with Gasteiger partial charge in [-0.05, 0) is 6.92 Å². The Kier molecular flexibility index (Phi) is 3.77. The Morgan fingerprint density at radius 2 is 1.20 bits per heavy atom. The highest BCUT2D eigenvalue weighted by Crippen LogP contribution is 2.01. The summed E-state index contributed by atoms with van der Waals surface area (Å²) in [6.45, 7) is 1.23. The Bertz CT molecular complexity index is 80.0. The van der Waals surface area contributed by atoms with Crippen molar-refractivity contribution < 1.29 is 25.5 Å². The van der Waals surface area contributed by atoms with Crippen LogP contribution < -0.4 is 0 Å². The highest BCUT2D eigenvalue weighted by molar-refractivity contribution is 4.72. The van der Waals surface area contributed by atoms with Gasteiger partial charge in [-0.3, -0.25) is 0 Å². The number of rotatable bonds is 3. The number of aliphatic hydroxyl groups excluding tert-OH is 4. The van der Waals surface area contributed by atoms with Crippen molar-refractivity contribution in [3.05, 3.63) is 0 Å². The first-order valence-corrected chi connectivity index (χ1v) is 2.87. The number of hydrogen-bond acceptors (Lipinski definition) is 5. The maximum Gasteiger partial charge on any atom is 0.180 e. The lowest BCUT2D eigenvalue weighted by atomic mass is 10.1. The van der Waals surface area contributed by atoms with Crippen molar-refractivity contribution >= 4 is 0 Å². The second-order valence-corrected chi connectivity index (χ2v) is 2.14. The average Bonchev–Trinajstić information content (AvgIpc) is 1.84. The van der Waals surface area contributed by atoms with Gasteiger partial charge in [0.05, 0.1) is 6.10 Å². The molecule has 0 aromatic carbocycles. The summed E-state index contributed by atoms with van der Waals surface area (Å²) < 4.78 is 0. The van der Waals surface area contributed by atoms with Gasteiger partial charge in [-0.2, -0.15) is 0 Å². The molecule has 5 nitrogen and oxygen atoms in total. The second-order valence-electron chi connectivity index (χ2n) is 2.14. The van der Waals surface area contributed by atoms with Gasteiger partial charge < -0.3 is 25.5 Å². The molecular weight excluding hydrogens is 140 g/mol. The summed E-state index contributed by atoms with van der Waals surface area (Å²) in [4.78, 5) is 0. The molecule has 0 radical (unpaired) electrons. The van der Waals surface area contributed by atoms with Crippen molar-refractivity contribution in [2.75, 3.05) is 0 Å². The quantitative estimate of drug-likeness (QED) is 0.285. The van der Waals surface area contributed by atoms with Crippen LogP contribution in [0.2, 0.25) is 0 Å². The Labute approximate surface area is 58.2 Å². The first-order chi connectivity index (χ1) is 4.46. The van der Waals surface area contributed by atoms with Crippen LogP contribution in [0.15, 0.2) is 0 Å². The van der Waals surface area contributed by atoms with Crippen LogP contribution in [0.25, 0.3) is 0 Å². The van der Waals surface area contributed by atoms with E-state index in [2.05, 4.69) is 0 Å². The van der Waals surface area contributed by atoms with E-state index in [0.29, 0.717) is 0 Å². The monoisotopic (exact) mass is 152 g/mol. The summed E-state index contributed by atoms with van der Waals surface area (Å²) in [5.41, 5.74) is 0. The van der Waals surface area contributed by atoms with Crippen LogP contribution in [0.1, 0.15) is 6.92 Å². The summed E-state index contributed by atoms with van der Waals surface area (Å²) in [7, 11) is 0. The predicted octanol–water partition coefficient (Wildman–Crippen LogP) is -2.60. The molecule has 3 atom stereocenters. The molecule has 0 rings (SSSR count). The predicted molar refractivity (Wildman–Crippen MR) is 31.9 cm³/mol. The maximum absolute atomic E-state index is 8.75. The van der Waals surface area contributed by atoms with Gasteiger partial charge >= 0.3 is 0 Å². The molecule has 0 saturated heterocycles. The molecule has 0 heterocycles. The van der Waals surface area contributed by atoms with Crippen molar-refractivity contribution in [3.8, 4) is 0 Å². The molecule has 1 unspecified atom stereocenters. The summed E-state index contributed by atoms with van der Waals surface area (Å²) in [5, 5.41) is 42.6.